The average molecular weight is 258 g/mol. The van der Waals surface area contributed by atoms with Crippen molar-refractivity contribution in [3.63, 3.8) is 0 Å². The highest BCUT2D eigenvalue weighted by molar-refractivity contribution is 5.29. The minimum Gasteiger partial charge on any atom is -0.360 e. The summed E-state index contributed by atoms with van der Waals surface area (Å²) in [6, 6.07) is 11.0. The molecule has 0 fully saturated rings. The maximum atomic E-state index is 5.07. The van der Waals surface area contributed by atoms with Crippen LogP contribution >= 0.6 is 0 Å². The SMILES string of the molecule is CC(NCc1ccno1)c1ccc(C(C)(C)C)cc1. The van der Waals surface area contributed by atoms with Gasteiger partial charge in [-0.15, -0.1) is 0 Å². The summed E-state index contributed by atoms with van der Waals surface area (Å²) in [6.45, 7) is 9.54. The fourth-order valence-corrected chi connectivity index (χ4v) is 1.98. The van der Waals surface area contributed by atoms with Crippen LogP contribution in [0.1, 0.15) is 50.6 Å². The van der Waals surface area contributed by atoms with Crippen molar-refractivity contribution >= 4 is 0 Å². The maximum absolute atomic E-state index is 5.07. The van der Waals surface area contributed by atoms with Crippen molar-refractivity contribution in [1.29, 1.82) is 0 Å². The third-order valence-corrected chi connectivity index (χ3v) is 3.35. The molecule has 0 aliphatic carbocycles. The molecule has 1 aromatic heterocycles. The summed E-state index contributed by atoms with van der Waals surface area (Å²) in [7, 11) is 0. The predicted molar refractivity (Wildman–Crippen MR) is 76.9 cm³/mol. The molecule has 3 nitrogen and oxygen atoms in total. The Morgan fingerprint density at radius 1 is 1.16 bits per heavy atom. The van der Waals surface area contributed by atoms with Gasteiger partial charge in [0.2, 0.25) is 0 Å². The molecule has 0 amide bonds. The Labute approximate surface area is 115 Å². The number of nitrogens with zero attached hydrogens (tertiary/aromatic N) is 1. The van der Waals surface area contributed by atoms with Crippen molar-refractivity contribution in [3.8, 4) is 0 Å². The monoisotopic (exact) mass is 258 g/mol. The fraction of sp³-hybridized carbons (Fsp3) is 0.438. The van der Waals surface area contributed by atoms with E-state index in [4.69, 9.17) is 4.52 Å². The molecule has 0 radical (unpaired) electrons. The van der Waals surface area contributed by atoms with E-state index >= 15 is 0 Å². The Morgan fingerprint density at radius 2 is 1.84 bits per heavy atom. The molecule has 102 valence electrons. The quantitative estimate of drug-likeness (QED) is 0.906. The summed E-state index contributed by atoms with van der Waals surface area (Å²) in [5, 5.41) is 7.12. The summed E-state index contributed by atoms with van der Waals surface area (Å²) < 4.78 is 5.07. The van der Waals surface area contributed by atoms with E-state index in [1.165, 1.54) is 11.1 Å². The second-order valence-corrected chi connectivity index (χ2v) is 5.95. The Bertz CT molecular complexity index is 495. The third kappa shape index (κ3) is 3.67. The van der Waals surface area contributed by atoms with Crippen LogP contribution in [0.2, 0.25) is 0 Å². The van der Waals surface area contributed by atoms with Crippen molar-refractivity contribution in [2.75, 3.05) is 0 Å². The minimum absolute atomic E-state index is 0.203. The Morgan fingerprint density at radius 3 is 2.37 bits per heavy atom. The predicted octanol–water partition coefficient (Wildman–Crippen LogP) is 3.82. The smallest absolute Gasteiger partial charge is 0.150 e. The molecule has 1 heterocycles. The highest BCUT2D eigenvalue weighted by Crippen LogP contribution is 2.23. The van der Waals surface area contributed by atoms with Gasteiger partial charge in [0.25, 0.3) is 0 Å². The zero-order valence-corrected chi connectivity index (χ0v) is 12.1. The van der Waals surface area contributed by atoms with Crippen LogP contribution in [0.15, 0.2) is 41.1 Å². The van der Waals surface area contributed by atoms with E-state index in [2.05, 4.69) is 62.4 Å². The first-order valence-corrected chi connectivity index (χ1v) is 6.70. The number of hydrogen-bond acceptors (Lipinski definition) is 3. The van der Waals surface area contributed by atoms with E-state index in [0.717, 1.165) is 5.76 Å². The molecule has 0 aliphatic rings. The van der Waals surface area contributed by atoms with Gasteiger partial charge in [0.1, 0.15) is 5.76 Å². The Balaban J connectivity index is 1.97. The molecule has 1 unspecified atom stereocenters. The molecule has 0 spiro atoms. The fourth-order valence-electron chi connectivity index (χ4n) is 1.98. The van der Waals surface area contributed by atoms with E-state index in [1.54, 1.807) is 6.20 Å². The van der Waals surface area contributed by atoms with Crippen molar-refractivity contribution in [3.05, 3.63) is 53.4 Å². The maximum Gasteiger partial charge on any atom is 0.150 e. The summed E-state index contributed by atoms with van der Waals surface area (Å²) in [5.74, 6) is 0.859. The standard InChI is InChI=1S/C16H22N2O/c1-12(17-11-15-9-10-18-19-15)13-5-7-14(8-6-13)16(2,3)4/h5-10,12,17H,11H2,1-4H3. The molecule has 0 saturated heterocycles. The lowest BCUT2D eigenvalue weighted by molar-refractivity contribution is 0.366. The lowest BCUT2D eigenvalue weighted by Crippen LogP contribution is -2.18. The van der Waals surface area contributed by atoms with Crippen molar-refractivity contribution in [1.82, 2.24) is 10.5 Å². The molecule has 0 aliphatic heterocycles. The number of rotatable bonds is 4. The second-order valence-electron chi connectivity index (χ2n) is 5.95. The van der Waals surface area contributed by atoms with Gasteiger partial charge in [-0.2, -0.15) is 0 Å². The van der Waals surface area contributed by atoms with Crippen LogP contribution < -0.4 is 5.32 Å². The van der Waals surface area contributed by atoms with Gasteiger partial charge < -0.3 is 9.84 Å². The van der Waals surface area contributed by atoms with Crippen LogP contribution in [0.3, 0.4) is 0 Å². The number of aromatic nitrogens is 1. The van der Waals surface area contributed by atoms with E-state index in [1.807, 2.05) is 6.07 Å². The second kappa shape index (κ2) is 5.57. The largest absolute Gasteiger partial charge is 0.360 e. The summed E-state index contributed by atoms with van der Waals surface area (Å²) in [4.78, 5) is 0. The van der Waals surface area contributed by atoms with E-state index in [0.29, 0.717) is 12.6 Å². The van der Waals surface area contributed by atoms with Crippen LogP contribution in [0.4, 0.5) is 0 Å². The van der Waals surface area contributed by atoms with Gasteiger partial charge in [-0.25, -0.2) is 0 Å². The van der Waals surface area contributed by atoms with Gasteiger partial charge in [-0.3, -0.25) is 0 Å². The van der Waals surface area contributed by atoms with E-state index < -0.39 is 0 Å². The molecule has 1 aromatic carbocycles. The van der Waals surface area contributed by atoms with Crippen molar-refractivity contribution < 1.29 is 4.52 Å². The molecular weight excluding hydrogens is 236 g/mol. The summed E-state index contributed by atoms with van der Waals surface area (Å²) >= 11 is 0. The molecule has 2 rings (SSSR count). The zero-order chi connectivity index (χ0) is 13.9. The van der Waals surface area contributed by atoms with Crippen LogP contribution in [-0.4, -0.2) is 5.16 Å². The molecule has 0 saturated carbocycles. The Hall–Kier alpha value is -1.61. The normalized spacial score (nSPS) is 13.5. The Kier molecular flexibility index (Phi) is 4.05. The lowest BCUT2D eigenvalue weighted by atomic mass is 9.86. The molecular formula is C16H22N2O. The van der Waals surface area contributed by atoms with Gasteiger partial charge in [-0.05, 0) is 23.5 Å². The minimum atomic E-state index is 0.203. The molecule has 1 N–H and O–H groups in total. The molecule has 19 heavy (non-hydrogen) atoms. The van der Waals surface area contributed by atoms with Crippen LogP contribution in [0.25, 0.3) is 0 Å². The number of nitrogens with one attached hydrogen (secondary N) is 1. The summed E-state index contributed by atoms with van der Waals surface area (Å²) in [6.07, 6.45) is 1.67. The highest BCUT2D eigenvalue weighted by Gasteiger charge is 2.14. The first-order chi connectivity index (χ1) is 8.97. The van der Waals surface area contributed by atoms with Crippen molar-refractivity contribution in [2.24, 2.45) is 0 Å². The van der Waals surface area contributed by atoms with E-state index in [9.17, 15) is 0 Å². The summed E-state index contributed by atoms with van der Waals surface area (Å²) in [5.41, 5.74) is 2.85. The van der Waals surface area contributed by atoms with Gasteiger partial charge in [-0.1, -0.05) is 50.2 Å². The highest BCUT2D eigenvalue weighted by atomic mass is 16.5. The van der Waals surface area contributed by atoms with E-state index in [-0.39, 0.29) is 5.41 Å². The number of hydrogen-bond donors (Lipinski definition) is 1. The molecule has 3 heteroatoms. The molecule has 0 bridgehead atoms. The lowest BCUT2D eigenvalue weighted by Gasteiger charge is -2.20. The number of benzene rings is 1. The van der Waals surface area contributed by atoms with Gasteiger partial charge in [0, 0.05) is 12.1 Å². The van der Waals surface area contributed by atoms with Gasteiger partial charge in [0.05, 0.1) is 12.7 Å². The average Bonchev–Trinajstić information content (AvgIpc) is 2.88. The third-order valence-electron chi connectivity index (χ3n) is 3.35. The molecule has 1 atom stereocenters. The van der Waals surface area contributed by atoms with Crippen molar-refractivity contribution in [2.45, 2.75) is 45.7 Å². The first-order valence-electron chi connectivity index (χ1n) is 6.70. The van der Waals surface area contributed by atoms with Crippen LogP contribution in [0.5, 0.6) is 0 Å². The van der Waals surface area contributed by atoms with Crippen LogP contribution in [-0.2, 0) is 12.0 Å². The topological polar surface area (TPSA) is 38.1 Å². The van der Waals surface area contributed by atoms with Crippen LogP contribution in [0, 0.1) is 0 Å². The first kappa shape index (κ1) is 13.8. The molecule has 2 aromatic rings. The van der Waals surface area contributed by atoms with Gasteiger partial charge in [0.15, 0.2) is 0 Å². The van der Waals surface area contributed by atoms with Gasteiger partial charge >= 0.3 is 0 Å². The zero-order valence-electron chi connectivity index (χ0n) is 12.1.